The van der Waals surface area contributed by atoms with E-state index in [2.05, 4.69) is 16.0 Å². The number of amides is 2. The molecule has 1 atom stereocenters. The van der Waals surface area contributed by atoms with Crippen LogP contribution in [-0.4, -0.2) is 24.4 Å². The van der Waals surface area contributed by atoms with Gasteiger partial charge < -0.3 is 16.0 Å². The number of hydrogen-bond acceptors (Lipinski definition) is 3. The quantitative estimate of drug-likeness (QED) is 0.777. The highest BCUT2D eigenvalue weighted by atomic mass is 16.2. The molecule has 1 unspecified atom stereocenters. The van der Waals surface area contributed by atoms with Crippen LogP contribution in [0, 0.1) is 5.92 Å². The zero-order valence-electron chi connectivity index (χ0n) is 14.1. The topological polar surface area (TPSA) is 70.2 Å². The summed E-state index contributed by atoms with van der Waals surface area (Å²) in [4.78, 5) is 24.4. The summed E-state index contributed by atoms with van der Waals surface area (Å²) in [5, 5.41) is 9.20. The van der Waals surface area contributed by atoms with Gasteiger partial charge in [-0.15, -0.1) is 0 Å². The molecular formula is C19H27N3O2. The average molecular weight is 329 g/mol. The van der Waals surface area contributed by atoms with Gasteiger partial charge in [0.05, 0.1) is 6.04 Å². The lowest BCUT2D eigenvalue weighted by molar-refractivity contribution is -0.123. The average Bonchev–Trinajstić information content (AvgIpc) is 3.15. The molecule has 1 saturated carbocycles. The third-order valence-corrected chi connectivity index (χ3v) is 5.01. The predicted octanol–water partition coefficient (Wildman–Crippen LogP) is 2.57. The monoisotopic (exact) mass is 329 g/mol. The Bertz CT molecular complexity index is 576. The molecule has 5 nitrogen and oxygen atoms in total. The van der Waals surface area contributed by atoms with E-state index in [-0.39, 0.29) is 23.8 Å². The van der Waals surface area contributed by atoms with Crippen molar-refractivity contribution in [3.05, 3.63) is 29.8 Å². The zero-order valence-corrected chi connectivity index (χ0v) is 14.1. The highest BCUT2D eigenvalue weighted by Gasteiger charge is 2.22. The Morgan fingerprint density at radius 3 is 2.62 bits per heavy atom. The molecule has 3 N–H and O–H groups in total. The van der Waals surface area contributed by atoms with E-state index in [9.17, 15) is 9.59 Å². The van der Waals surface area contributed by atoms with Crippen molar-refractivity contribution in [3.8, 4) is 0 Å². The third kappa shape index (κ3) is 4.57. The largest absolute Gasteiger partial charge is 0.351 e. The number of benzene rings is 1. The van der Waals surface area contributed by atoms with Gasteiger partial charge in [-0.05, 0) is 49.9 Å². The fourth-order valence-corrected chi connectivity index (χ4v) is 3.59. The first kappa shape index (κ1) is 17.0. The van der Waals surface area contributed by atoms with E-state index >= 15 is 0 Å². The van der Waals surface area contributed by atoms with Crippen molar-refractivity contribution >= 4 is 17.5 Å². The maximum absolute atomic E-state index is 12.3. The van der Waals surface area contributed by atoms with Crippen LogP contribution in [0.15, 0.2) is 24.3 Å². The SMILES string of the molecule is O=C(Nc1cccc(CNC(=O)C2CCCN2)c1)C1CCCCC1. The molecule has 1 aromatic rings. The van der Waals surface area contributed by atoms with Gasteiger partial charge in [-0.3, -0.25) is 9.59 Å². The molecule has 5 heteroatoms. The molecule has 1 aliphatic heterocycles. The number of carbonyl (C=O) groups excluding carboxylic acids is 2. The van der Waals surface area contributed by atoms with Crippen molar-refractivity contribution in [3.63, 3.8) is 0 Å². The first-order chi connectivity index (χ1) is 11.7. The third-order valence-electron chi connectivity index (χ3n) is 5.01. The van der Waals surface area contributed by atoms with Crippen LogP contribution in [0.25, 0.3) is 0 Å². The highest BCUT2D eigenvalue weighted by molar-refractivity contribution is 5.92. The number of nitrogens with one attached hydrogen (secondary N) is 3. The van der Waals surface area contributed by atoms with E-state index in [1.165, 1.54) is 6.42 Å². The van der Waals surface area contributed by atoms with Crippen molar-refractivity contribution in [2.24, 2.45) is 5.92 Å². The Labute approximate surface area is 143 Å². The summed E-state index contributed by atoms with van der Waals surface area (Å²) in [6.07, 6.45) is 7.50. The smallest absolute Gasteiger partial charge is 0.237 e. The minimum Gasteiger partial charge on any atom is -0.351 e. The van der Waals surface area contributed by atoms with Crippen LogP contribution < -0.4 is 16.0 Å². The Hall–Kier alpha value is -1.88. The molecule has 3 rings (SSSR count). The number of hydrogen-bond donors (Lipinski definition) is 3. The summed E-state index contributed by atoms with van der Waals surface area (Å²) in [6.45, 7) is 1.41. The van der Waals surface area contributed by atoms with Crippen LogP contribution in [0.3, 0.4) is 0 Å². The molecule has 24 heavy (non-hydrogen) atoms. The van der Waals surface area contributed by atoms with E-state index in [0.717, 1.165) is 56.3 Å². The normalized spacial score (nSPS) is 21.4. The van der Waals surface area contributed by atoms with Crippen LogP contribution in [0.1, 0.15) is 50.5 Å². The second-order valence-corrected chi connectivity index (χ2v) is 6.89. The Morgan fingerprint density at radius 2 is 1.88 bits per heavy atom. The summed E-state index contributed by atoms with van der Waals surface area (Å²) in [5.41, 5.74) is 1.82. The summed E-state index contributed by atoms with van der Waals surface area (Å²) in [5.74, 6) is 0.339. The van der Waals surface area contributed by atoms with E-state index < -0.39 is 0 Å². The van der Waals surface area contributed by atoms with Gasteiger partial charge >= 0.3 is 0 Å². The summed E-state index contributed by atoms with van der Waals surface area (Å²) in [7, 11) is 0. The fourth-order valence-electron chi connectivity index (χ4n) is 3.59. The van der Waals surface area contributed by atoms with Crippen molar-refractivity contribution in [1.82, 2.24) is 10.6 Å². The molecule has 130 valence electrons. The standard InChI is InChI=1S/C19H27N3O2/c23-18(15-7-2-1-3-8-15)22-16-9-4-6-14(12-16)13-21-19(24)17-10-5-11-20-17/h4,6,9,12,15,17,20H,1-3,5,7-8,10-11,13H2,(H,21,24)(H,22,23). The number of carbonyl (C=O) groups is 2. The fraction of sp³-hybridized carbons (Fsp3) is 0.579. The van der Waals surface area contributed by atoms with E-state index in [4.69, 9.17) is 0 Å². The zero-order chi connectivity index (χ0) is 16.8. The molecule has 1 aromatic carbocycles. The van der Waals surface area contributed by atoms with Crippen LogP contribution >= 0.6 is 0 Å². The van der Waals surface area contributed by atoms with E-state index in [1.807, 2.05) is 24.3 Å². The van der Waals surface area contributed by atoms with Crippen LogP contribution in [0.5, 0.6) is 0 Å². The molecule has 2 amide bonds. The summed E-state index contributed by atoms with van der Waals surface area (Å²) >= 11 is 0. The van der Waals surface area contributed by atoms with Gasteiger partial charge in [0, 0.05) is 18.2 Å². The molecule has 0 spiro atoms. The molecule has 0 aromatic heterocycles. The van der Waals surface area contributed by atoms with Gasteiger partial charge in [-0.1, -0.05) is 31.4 Å². The minimum atomic E-state index is -0.0563. The first-order valence-electron chi connectivity index (χ1n) is 9.13. The van der Waals surface area contributed by atoms with Gasteiger partial charge in [-0.25, -0.2) is 0 Å². The number of rotatable bonds is 5. The molecule has 2 aliphatic rings. The van der Waals surface area contributed by atoms with E-state index in [0.29, 0.717) is 6.54 Å². The van der Waals surface area contributed by atoms with E-state index in [1.54, 1.807) is 0 Å². The minimum absolute atomic E-state index is 0.0563. The maximum Gasteiger partial charge on any atom is 0.237 e. The molecule has 1 aliphatic carbocycles. The first-order valence-corrected chi connectivity index (χ1v) is 9.13. The van der Waals surface area contributed by atoms with Gasteiger partial charge in [0.2, 0.25) is 11.8 Å². The summed E-state index contributed by atoms with van der Waals surface area (Å²) in [6, 6.07) is 7.69. The lowest BCUT2D eigenvalue weighted by atomic mass is 9.88. The second-order valence-electron chi connectivity index (χ2n) is 6.89. The van der Waals surface area contributed by atoms with Crippen molar-refractivity contribution in [2.75, 3.05) is 11.9 Å². The van der Waals surface area contributed by atoms with Crippen LogP contribution in [0.4, 0.5) is 5.69 Å². The Kier molecular flexibility index (Phi) is 5.86. The van der Waals surface area contributed by atoms with Crippen molar-refractivity contribution in [2.45, 2.75) is 57.5 Å². The lowest BCUT2D eigenvalue weighted by Crippen LogP contribution is -2.40. The second kappa shape index (κ2) is 8.29. The number of anilines is 1. The van der Waals surface area contributed by atoms with Crippen LogP contribution in [-0.2, 0) is 16.1 Å². The molecule has 1 saturated heterocycles. The molecule has 0 radical (unpaired) electrons. The molecule has 0 bridgehead atoms. The Balaban J connectivity index is 1.51. The summed E-state index contributed by atoms with van der Waals surface area (Å²) < 4.78 is 0. The van der Waals surface area contributed by atoms with Crippen molar-refractivity contribution < 1.29 is 9.59 Å². The van der Waals surface area contributed by atoms with Crippen molar-refractivity contribution in [1.29, 1.82) is 0 Å². The maximum atomic E-state index is 12.3. The molecular weight excluding hydrogens is 302 g/mol. The lowest BCUT2D eigenvalue weighted by Gasteiger charge is -2.21. The van der Waals surface area contributed by atoms with Gasteiger partial charge in [0.25, 0.3) is 0 Å². The molecule has 2 fully saturated rings. The van der Waals surface area contributed by atoms with Crippen LogP contribution in [0.2, 0.25) is 0 Å². The van der Waals surface area contributed by atoms with Gasteiger partial charge in [0.1, 0.15) is 0 Å². The highest BCUT2D eigenvalue weighted by Crippen LogP contribution is 2.25. The Morgan fingerprint density at radius 1 is 1.04 bits per heavy atom. The van der Waals surface area contributed by atoms with Gasteiger partial charge in [-0.2, -0.15) is 0 Å². The molecule has 1 heterocycles. The van der Waals surface area contributed by atoms with Gasteiger partial charge in [0.15, 0.2) is 0 Å². The predicted molar refractivity (Wildman–Crippen MR) is 94.5 cm³/mol.